The molecule has 2 nitrogen and oxygen atoms in total. The van der Waals surface area contributed by atoms with Crippen molar-refractivity contribution in [3.63, 3.8) is 0 Å². The van der Waals surface area contributed by atoms with E-state index in [1.54, 1.807) is 7.11 Å². The third kappa shape index (κ3) is 1.75. The van der Waals surface area contributed by atoms with E-state index in [9.17, 15) is 5.11 Å². The Morgan fingerprint density at radius 2 is 2.14 bits per heavy atom. The van der Waals surface area contributed by atoms with Crippen molar-refractivity contribution in [1.29, 1.82) is 0 Å². The van der Waals surface area contributed by atoms with Gasteiger partial charge in [-0.1, -0.05) is 11.6 Å². The Balaban J connectivity index is 2.32. The van der Waals surface area contributed by atoms with Gasteiger partial charge in [-0.2, -0.15) is 0 Å². The molecule has 0 saturated heterocycles. The molecular weight excluding hydrogens is 176 g/mol. The van der Waals surface area contributed by atoms with Crippen LogP contribution in [0.5, 0.6) is 5.75 Å². The Kier molecular flexibility index (Phi) is 2.46. The van der Waals surface area contributed by atoms with Crippen LogP contribution in [0, 0.1) is 12.8 Å². The molecule has 0 radical (unpaired) electrons. The molecule has 1 fully saturated rings. The van der Waals surface area contributed by atoms with Crippen molar-refractivity contribution in [1.82, 2.24) is 0 Å². The first kappa shape index (κ1) is 9.53. The van der Waals surface area contributed by atoms with Crippen molar-refractivity contribution >= 4 is 0 Å². The molecule has 1 saturated carbocycles. The van der Waals surface area contributed by atoms with E-state index < -0.39 is 0 Å². The topological polar surface area (TPSA) is 29.5 Å². The number of ether oxygens (including phenoxy) is 1. The lowest BCUT2D eigenvalue weighted by Crippen LogP contribution is -2.02. The number of hydrogen-bond donors (Lipinski definition) is 1. The number of benzene rings is 1. The van der Waals surface area contributed by atoms with Crippen LogP contribution in [-0.4, -0.2) is 12.2 Å². The van der Waals surface area contributed by atoms with Crippen LogP contribution < -0.4 is 4.74 Å². The molecule has 0 aromatic heterocycles. The highest BCUT2D eigenvalue weighted by Gasteiger charge is 2.32. The minimum absolute atomic E-state index is 0.343. The summed E-state index contributed by atoms with van der Waals surface area (Å²) >= 11 is 0. The van der Waals surface area contributed by atoms with E-state index in [4.69, 9.17) is 4.74 Å². The van der Waals surface area contributed by atoms with E-state index >= 15 is 0 Å². The summed E-state index contributed by atoms with van der Waals surface area (Å²) in [6.45, 7) is 2.03. The summed E-state index contributed by atoms with van der Waals surface area (Å²) < 4.78 is 5.24. The van der Waals surface area contributed by atoms with Crippen LogP contribution in [0.4, 0.5) is 0 Å². The smallest absolute Gasteiger partial charge is 0.124 e. The molecule has 1 aliphatic carbocycles. The number of rotatable bonds is 3. The minimum Gasteiger partial charge on any atom is -0.496 e. The Morgan fingerprint density at radius 1 is 1.43 bits per heavy atom. The molecule has 2 heteroatoms. The molecule has 1 N–H and O–H groups in total. The Morgan fingerprint density at radius 3 is 2.71 bits per heavy atom. The van der Waals surface area contributed by atoms with Crippen molar-refractivity contribution in [2.75, 3.05) is 7.11 Å². The highest BCUT2D eigenvalue weighted by Crippen LogP contribution is 2.43. The second-order valence-electron chi connectivity index (χ2n) is 4.03. The normalized spacial score (nSPS) is 17.9. The standard InChI is InChI=1S/C12H16O2/c1-8-3-6-11(14-2)10(7-8)12(13)9-4-5-9/h3,6-7,9,12-13H,4-5H2,1-2H3. The van der Waals surface area contributed by atoms with Crippen LogP contribution in [0.25, 0.3) is 0 Å². The Bertz CT molecular complexity index is 329. The van der Waals surface area contributed by atoms with Gasteiger partial charge in [0.25, 0.3) is 0 Å². The summed E-state index contributed by atoms with van der Waals surface area (Å²) in [5, 5.41) is 10.0. The summed E-state index contributed by atoms with van der Waals surface area (Å²) in [7, 11) is 1.65. The molecule has 0 amide bonds. The Labute approximate surface area is 84.5 Å². The first-order chi connectivity index (χ1) is 6.72. The molecule has 0 bridgehead atoms. The molecule has 1 unspecified atom stereocenters. The minimum atomic E-state index is -0.343. The van der Waals surface area contributed by atoms with Crippen molar-refractivity contribution in [3.05, 3.63) is 29.3 Å². The van der Waals surface area contributed by atoms with Crippen molar-refractivity contribution in [2.45, 2.75) is 25.9 Å². The van der Waals surface area contributed by atoms with E-state index in [0.717, 1.165) is 24.2 Å². The molecule has 1 aliphatic rings. The third-order valence-corrected chi connectivity index (χ3v) is 2.77. The molecule has 1 aromatic carbocycles. The van der Waals surface area contributed by atoms with Crippen LogP contribution in [0.2, 0.25) is 0 Å². The van der Waals surface area contributed by atoms with Gasteiger partial charge in [-0.25, -0.2) is 0 Å². The molecule has 1 aromatic rings. The van der Waals surface area contributed by atoms with E-state index in [1.165, 1.54) is 5.56 Å². The first-order valence-corrected chi connectivity index (χ1v) is 5.05. The average molecular weight is 192 g/mol. The zero-order chi connectivity index (χ0) is 10.1. The largest absolute Gasteiger partial charge is 0.496 e. The summed E-state index contributed by atoms with van der Waals surface area (Å²) in [6, 6.07) is 5.94. The summed E-state index contributed by atoms with van der Waals surface area (Å²) in [5.41, 5.74) is 2.11. The van der Waals surface area contributed by atoms with Gasteiger partial charge in [0.1, 0.15) is 5.75 Å². The van der Waals surface area contributed by atoms with Crippen LogP contribution in [0.1, 0.15) is 30.1 Å². The van der Waals surface area contributed by atoms with Crippen molar-refractivity contribution in [3.8, 4) is 5.75 Å². The van der Waals surface area contributed by atoms with Crippen molar-refractivity contribution in [2.24, 2.45) is 5.92 Å². The third-order valence-electron chi connectivity index (χ3n) is 2.77. The van der Waals surface area contributed by atoms with Crippen LogP contribution in [0.3, 0.4) is 0 Å². The molecular formula is C12H16O2. The molecule has 0 heterocycles. The lowest BCUT2D eigenvalue weighted by atomic mass is 10.0. The van der Waals surface area contributed by atoms with Crippen LogP contribution in [-0.2, 0) is 0 Å². The maximum Gasteiger partial charge on any atom is 0.124 e. The zero-order valence-electron chi connectivity index (χ0n) is 8.66. The van der Waals surface area contributed by atoms with E-state index in [-0.39, 0.29) is 6.10 Å². The highest BCUT2D eigenvalue weighted by atomic mass is 16.5. The highest BCUT2D eigenvalue weighted by molar-refractivity contribution is 5.39. The molecule has 2 rings (SSSR count). The molecule has 1 atom stereocenters. The average Bonchev–Trinajstić information content (AvgIpc) is 3.00. The summed E-state index contributed by atoms with van der Waals surface area (Å²) in [4.78, 5) is 0. The molecule has 14 heavy (non-hydrogen) atoms. The first-order valence-electron chi connectivity index (χ1n) is 5.05. The second-order valence-corrected chi connectivity index (χ2v) is 4.03. The van der Waals surface area contributed by atoms with Gasteiger partial charge in [0.15, 0.2) is 0 Å². The number of aliphatic hydroxyl groups excluding tert-OH is 1. The van der Waals surface area contributed by atoms with Gasteiger partial charge in [0.2, 0.25) is 0 Å². The van der Waals surface area contributed by atoms with Crippen LogP contribution >= 0.6 is 0 Å². The predicted molar refractivity (Wildman–Crippen MR) is 55.4 cm³/mol. The van der Waals surface area contributed by atoms with Gasteiger partial charge >= 0.3 is 0 Å². The van der Waals surface area contributed by atoms with Gasteiger partial charge in [-0.3, -0.25) is 0 Å². The van der Waals surface area contributed by atoms with Gasteiger partial charge in [0.05, 0.1) is 13.2 Å². The van der Waals surface area contributed by atoms with Crippen molar-refractivity contribution < 1.29 is 9.84 Å². The summed E-state index contributed by atoms with van der Waals surface area (Å²) in [6.07, 6.45) is 1.93. The zero-order valence-corrected chi connectivity index (χ0v) is 8.66. The predicted octanol–water partition coefficient (Wildman–Crippen LogP) is 2.45. The van der Waals surface area contributed by atoms with Gasteiger partial charge < -0.3 is 9.84 Å². The fourth-order valence-electron chi connectivity index (χ4n) is 1.75. The molecule has 76 valence electrons. The maximum atomic E-state index is 10.0. The SMILES string of the molecule is COc1ccc(C)cc1C(O)C1CC1. The van der Waals surface area contributed by atoms with E-state index in [1.807, 2.05) is 25.1 Å². The second kappa shape index (κ2) is 3.62. The lowest BCUT2D eigenvalue weighted by Gasteiger charge is -2.14. The maximum absolute atomic E-state index is 10.0. The van der Waals surface area contributed by atoms with Crippen LogP contribution in [0.15, 0.2) is 18.2 Å². The number of aryl methyl sites for hydroxylation is 1. The molecule has 0 spiro atoms. The number of aliphatic hydroxyl groups is 1. The number of methoxy groups -OCH3 is 1. The van der Waals surface area contributed by atoms with E-state index in [0.29, 0.717) is 5.92 Å². The van der Waals surface area contributed by atoms with Gasteiger partial charge in [0, 0.05) is 5.56 Å². The quantitative estimate of drug-likeness (QED) is 0.797. The fraction of sp³-hybridized carbons (Fsp3) is 0.500. The monoisotopic (exact) mass is 192 g/mol. The Hall–Kier alpha value is -1.02. The van der Waals surface area contributed by atoms with E-state index in [2.05, 4.69) is 0 Å². The van der Waals surface area contributed by atoms with Gasteiger partial charge in [-0.15, -0.1) is 0 Å². The van der Waals surface area contributed by atoms with Gasteiger partial charge in [-0.05, 0) is 37.8 Å². The lowest BCUT2D eigenvalue weighted by molar-refractivity contribution is 0.150. The summed E-state index contributed by atoms with van der Waals surface area (Å²) in [5.74, 6) is 1.25. The fourth-order valence-corrected chi connectivity index (χ4v) is 1.75. The number of hydrogen-bond acceptors (Lipinski definition) is 2. The molecule has 0 aliphatic heterocycles.